The summed E-state index contributed by atoms with van der Waals surface area (Å²) < 4.78 is 2.25. The van der Waals surface area contributed by atoms with Crippen LogP contribution in [0.25, 0.3) is 0 Å². The maximum absolute atomic E-state index is 10.7. The van der Waals surface area contributed by atoms with E-state index in [9.17, 15) is 4.79 Å². The summed E-state index contributed by atoms with van der Waals surface area (Å²) in [6.45, 7) is 2.92. The molecule has 0 saturated heterocycles. The van der Waals surface area contributed by atoms with E-state index in [4.69, 9.17) is 4.79 Å². The number of alkyl halides is 1. The molecule has 0 spiro atoms. The van der Waals surface area contributed by atoms with Gasteiger partial charge in [-0.1, -0.05) is 83.8 Å². The van der Waals surface area contributed by atoms with E-state index < -0.39 is 0 Å². The Balaban J connectivity index is -0.000000376. The van der Waals surface area contributed by atoms with Gasteiger partial charge in [0, 0.05) is 27.0 Å². The summed E-state index contributed by atoms with van der Waals surface area (Å²) in [5.41, 5.74) is 2.63. The molecule has 0 heterocycles. The molecule has 2 rings (SSSR count). The molecule has 2 aromatic rings. The second-order valence-corrected chi connectivity index (χ2v) is 8.89. The number of carbonyl (C=O) groups is 1. The van der Waals surface area contributed by atoms with E-state index in [0.717, 1.165) is 32.9 Å². The molecule has 0 unspecified atom stereocenters. The van der Waals surface area contributed by atoms with E-state index in [1.165, 1.54) is 36.1 Å². The first kappa shape index (κ1) is 34.2. The number of benzene rings is 2. The number of carbonyl (C=O) groups excluding carboxylic acids is 2. The molecule has 0 radical (unpaired) electrons. The summed E-state index contributed by atoms with van der Waals surface area (Å²) >= 11 is 11.6. The number of halogens is 3. The molecule has 0 amide bonds. The maximum Gasteiger partial charge on any atom is 1.00 e. The first-order valence-corrected chi connectivity index (χ1v) is 11.6. The Hall–Kier alpha value is 1.56. The van der Waals surface area contributed by atoms with Crippen molar-refractivity contribution in [3.8, 4) is 0 Å². The average molecular weight is 638 g/mol. The van der Waals surface area contributed by atoms with Gasteiger partial charge >= 0.3 is 51.4 Å². The smallest absolute Gasteiger partial charge is 0.813 e. The number of hydrogen-bond acceptors (Lipinski definition) is 4. The predicted molar refractivity (Wildman–Crippen MR) is 133 cm³/mol. The van der Waals surface area contributed by atoms with Gasteiger partial charge in [-0.05, 0) is 48.2 Å². The molecule has 0 aliphatic heterocycles. The second kappa shape index (κ2) is 23.2. The minimum Gasteiger partial charge on any atom is -0.813 e. The first-order valence-electron chi connectivity index (χ1n) is 7.90. The monoisotopic (exact) mass is 635 g/mol. The minimum absolute atomic E-state index is 0. The van der Waals surface area contributed by atoms with Crippen molar-refractivity contribution in [2.24, 2.45) is 0 Å². The third-order valence-electron chi connectivity index (χ3n) is 2.86. The Morgan fingerprint density at radius 3 is 1.79 bits per heavy atom. The number of thioether (sulfide) groups is 1. The van der Waals surface area contributed by atoms with Crippen molar-refractivity contribution < 1.29 is 61.0 Å². The molecule has 0 saturated carbocycles. The second-order valence-electron chi connectivity index (χ2n) is 4.99. The molecular formula is C20H23Br3KO2S2-. The molecule has 28 heavy (non-hydrogen) atoms. The standard InChI is InChI=1S/C10H11BrOS.C8H8Br2.C2H3O.K.H2S/c1-8(12)13-6-5-9-3-2-4-10(11)7-9;9-5-4-7-2-1-3-8(10)6-7;1-2-3;;/h2-4,7H,5-6H2,1H3;1-3,6H,4-5H2;1H3;;1H2/q;;-1;+1;/p-1. The molecule has 8 heteroatoms. The largest absolute Gasteiger partial charge is 1.00 e. The van der Waals surface area contributed by atoms with Crippen LogP contribution in [0.3, 0.4) is 0 Å². The van der Waals surface area contributed by atoms with Crippen molar-refractivity contribution >= 4 is 84.4 Å². The summed E-state index contributed by atoms with van der Waals surface area (Å²) in [5.74, 6) is 0.867. The van der Waals surface area contributed by atoms with Gasteiger partial charge in [-0.25, -0.2) is 0 Å². The number of hydrogen-bond donors (Lipinski definition) is 0. The molecule has 0 aromatic heterocycles. The molecule has 0 aliphatic carbocycles. The molecule has 0 N–H and O–H groups in total. The normalized spacial score (nSPS) is 8.61. The van der Waals surface area contributed by atoms with E-state index >= 15 is 0 Å². The van der Waals surface area contributed by atoms with Crippen molar-refractivity contribution in [1.82, 2.24) is 0 Å². The fraction of sp³-hybridized carbons (Fsp3) is 0.300. The molecule has 150 valence electrons. The molecule has 0 atom stereocenters. The van der Waals surface area contributed by atoms with Crippen LogP contribution in [0.1, 0.15) is 25.0 Å². The topological polar surface area (TPSA) is 34.1 Å². The van der Waals surface area contributed by atoms with Crippen LogP contribution in [0.2, 0.25) is 0 Å². The van der Waals surface area contributed by atoms with Crippen LogP contribution in [0, 0.1) is 0 Å². The van der Waals surface area contributed by atoms with Crippen molar-refractivity contribution in [2.45, 2.75) is 26.7 Å². The Labute approximate surface area is 248 Å². The van der Waals surface area contributed by atoms with Crippen LogP contribution in [0.15, 0.2) is 57.5 Å². The third-order valence-corrected chi connectivity index (χ3v) is 5.06. The van der Waals surface area contributed by atoms with E-state index in [2.05, 4.69) is 78.1 Å². The van der Waals surface area contributed by atoms with Crippen LogP contribution in [0.5, 0.6) is 0 Å². The summed E-state index contributed by atoms with van der Waals surface area (Å²) in [7, 11) is 0. The Bertz CT molecular complexity index is 673. The van der Waals surface area contributed by atoms with Gasteiger partial charge in [-0.2, -0.15) is 6.92 Å². The summed E-state index contributed by atoms with van der Waals surface area (Å²) in [5, 5.41) is 1.22. The zero-order valence-corrected chi connectivity index (χ0v) is 25.8. The van der Waals surface area contributed by atoms with Gasteiger partial charge in [0.1, 0.15) is 0 Å². The molecular weight excluding hydrogens is 615 g/mol. The summed E-state index contributed by atoms with van der Waals surface area (Å²) in [6.07, 6.45) is 3.54. The Kier molecular flexibility index (Phi) is 28.3. The number of rotatable bonds is 5. The minimum atomic E-state index is 0. The van der Waals surface area contributed by atoms with Gasteiger partial charge in [0.25, 0.3) is 0 Å². The quantitative estimate of drug-likeness (QED) is 0.165. The molecule has 2 aromatic carbocycles. The Morgan fingerprint density at radius 1 is 1.00 bits per heavy atom. The molecule has 0 bridgehead atoms. The third kappa shape index (κ3) is 20.8. The van der Waals surface area contributed by atoms with Gasteiger partial charge in [0.2, 0.25) is 0 Å². The first-order chi connectivity index (χ1) is 12.4. The Morgan fingerprint density at radius 2 is 1.43 bits per heavy atom. The summed E-state index contributed by atoms with van der Waals surface area (Å²) in [6, 6.07) is 16.5. The van der Waals surface area contributed by atoms with Crippen LogP contribution in [0.4, 0.5) is 0 Å². The van der Waals surface area contributed by atoms with Crippen LogP contribution in [-0.4, -0.2) is 22.5 Å². The fourth-order valence-electron chi connectivity index (χ4n) is 1.81. The SMILES string of the molecule is BrCCc1cccc(Br)c1.CC(=O)SCCc1cccc(Br)c1.C[C-]=O.[K+].[SH-]. The zero-order chi connectivity index (χ0) is 19.8. The van der Waals surface area contributed by atoms with Gasteiger partial charge in [-0.3, -0.25) is 11.1 Å². The maximum atomic E-state index is 10.7. The van der Waals surface area contributed by atoms with Gasteiger partial charge in [-0.15, -0.1) is 0 Å². The fourth-order valence-corrected chi connectivity index (χ4v) is 3.78. The predicted octanol–water partition coefficient (Wildman–Crippen LogP) is 3.51. The summed E-state index contributed by atoms with van der Waals surface area (Å²) in [4.78, 5) is 19.3. The van der Waals surface area contributed by atoms with Gasteiger partial charge < -0.3 is 18.3 Å². The van der Waals surface area contributed by atoms with Crippen LogP contribution < -0.4 is 51.4 Å². The van der Waals surface area contributed by atoms with E-state index in [1.54, 1.807) is 6.92 Å². The number of thiol groups is 1. The average Bonchev–Trinajstić information content (AvgIpc) is 2.56. The van der Waals surface area contributed by atoms with Crippen molar-refractivity contribution in [2.75, 3.05) is 11.1 Å². The van der Waals surface area contributed by atoms with E-state index in [1.807, 2.05) is 18.2 Å². The van der Waals surface area contributed by atoms with Crippen molar-refractivity contribution in [3.63, 3.8) is 0 Å². The van der Waals surface area contributed by atoms with E-state index in [-0.39, 0.29) is 70.0 Å². The van der Waals surface area contributed by atoms with E-state index in [0.29, 0.717) is 0 Å². The molecule has 2 nitrogen and oxygen atoms in total. The zero-order valence-electron chi connectivity index (χ0n) is 16.3. The molecule has 0 fully saturated rings. The van der Waals surface area contributed by atoms with Crippen LogP contribution in [-0.2, 0) is 35.9 Å². The molecule has 0 aliphatic rings. The van der Waals surface area contributed by atoms with Crippen LogP contribution >= 0.6 is 59.6 Å². The van der Waals surface area contributed by atoms with Gasteiger partial charge in [0.15, 0.2) is 5.12 Å². The van der Waals surface area contributed by atoms with Gasteiger partial charge in [0.05, 0.1) is 0 Å². The number of aryl methyl sites for hydroxylation is 2. The van der Waals surface area contributed by atoms with Crippen molar-refractivity contribution in [1.29, 1.82) is 0 Å². The van der Waals surface area contributed by atoms with Crippen molar-refractivity contribution in [3.05, 3.63) is 68.6 Å².